The number of nitrogens with zero attached hydrogens (tertiary/aromatic N) is 1. The molecule has 0 heterocycles. The average molecular weight is 381 g/mol. The second-order valence-electron chi connectivity index (χ2n) is 7.65. The lowest BCUT2D eigenvalue weighted by atomic mass is 9.92. The second-order valence-corrected chi connectivity index (χ2v) is 7.65. The van der Waals surface area contributed by atoms with E-state index in [2.05, 4.69) is 32.0 Å². The number of aliphatic hydroxyl groups is 1. The molecule has 2 aromatic carbocycles. The van der Waals surface area contributed by atoms with E-state index in [1.807, 2.05) is 37.2 Å². The van der Waals surface area contributed by atoms with Crippen LogP contribution in [0.2, 0.25) is 0 Å². The third-order valence-corrected chi connectivity index (χ3v) is 4.83. The Labute approximate surface area is 166 Å². The predicted octanol–water partition coefficient (Wildman–Crippen LogP) is 5.83. The van der Waals surface area contributed by atoms with E-state index in [9.17, 15) is 9.50 Å². The molecule has 0 bridgehead atoms. The highest BCUT2D eigenvalue weighted by molar-refractivity contribution is 5.85. The fourth-order valence-corrected chi connectivity index (χ4v) is 3.50. The molecule has 0 amide bonds. The average Bonchev–Trinajstić information content (AvgIpc) is 2.61. The molecular formula is C24H28FNO2. The molecule has 2 aromatic rings. The smallest absolute Gasteiger partial charge is 0.127 e. The van der Waals surface area contributed by atoms with Gasteiger partial charge in [0.2, 0.25) is 0 Å². The molecule has 28 heavy (non-hydrogen) atoms. The fraction of sp³-hybridized carbons (Fsp3) is 0.333. The standard InChI is InChI=1S/C24H28FNO2/c1-16-12-17(2)14-19(13-16)18-8-9-23(28-11-10-26(3)4)20(15-18)24-21(25)6-5-7-22(24)27/h7-9,12-15,27H,5-6,10-11H2,1-4H3. The van der Waals surface area contributed by atoms with Gasteiger partial charge in [0.15, 0.2) is 0 Å². The Hall–Kier alpha value is -2.59. The molecule has 0 spiro atoms. The first-order valence-corrected chi connectivity index (χ1v) is 9.64. The van der Waals surface area contributed by atoms with Crippen LogP contribution in [-0.4, -0.2) is 37.3 Å². The minimum Gasteiger partial charge on any atom is -0.508 e. The molecule has 1 aliphatic carbocycles. The van der Waals surface area contributed by atoms with E-state index in [1.54, 1.807) is 6.08 Å². The molecule has 0 fully saturated rings. The van der Waals surface area contributed by atoms with Crippen LogP contribution >= 0.6 is 0 Å². The summed E-state index contributed by atoms with van der Waals surface area (Å²) in [6, 6.07) is 12.1. The van der Waals surface area contributed by atoms with Crippen LogP contribution in [-0.2, 0) is 0 Å². The van der Waals surface area contributed by atoms with Crippen molar-refractivity contribution in [3.63, 3.8) is 0 Å². The Morgan fingerprint density at radius 2 is 1.75 bits per heavy atom. The Morgan fingerprint density at radius 1 is 1.04 bits per heavy atom. The van der Waals surface area contributed by atoms with Gasteiger partial charge in [0.1, 0.15) is 23.9 Å². The van der Waals surface area contributed by atoms with Gasteiger partial charge in [-0.15, -0.1) is 0 Å². The Kier molecular flexibility index (Phi) is 6.20. The van der Waals surface area contributed by atoms with Gasteiger partial charge in [-0.1, -0.05) is 35.4 Å². The van der Waals surface area contributed by atoms with Crippen LogP contribution in [0.4, 0.5) is 4.39 Å². The predicted molar refractivity (Wildman–Crippen MR) is 113 cm³/mol. The van der Waals surface area contributed by atoms with Crippen molar-refractivity contribution in [2.24, 2.45) is 0 Å². The van der Waals surface area contributed by atoms with Crippen LogP contribution in [0.25, 0.3) is 16.7 Å². The number of likely N-dealkylation sites (N-methyl/N-ethyl adjacent to an activating group) is 1. The molecular weight excluding hydrogens is 353 g/mol. The number of aliphatic hydroxyl groups excluding tert-OH is 1. The number of hydrogen-bond donors (Lipinski definition) is 1. The lowest BCUT2D eigenvalue weighted by Crippen LogP contribution is -2.19. The number of allylic oxidation sites excluding steroid dienone is 3. The third kappa shape index (κ3) is 4.63. The molecule has 0 radical (unpaired) electrons. The van der Waals surface area contributed by atoms with Crippen molar-refractivity contribution < 1.29 is 14.2 Å². The van der Waals surface area contributed by atoms with E-state index in [-0.39, 0.29) is 17.2 Å². The minimum absolute atomic E-state index is 0.0150. The summed E-state index contributed by atoms with van der Waals surface area (Å²) in [5, 5.41) is 10.4. The van der Waals surface area contributed by atoms with E-state index in [4.69, 9.17) is 4.74 Å². The van der Waals surface area contributed by atoms with Gasteiger partial charge in [0.05, 0.1) is 5.57 Å². The molecule has 0 saturated carbocycles. The molecule has 0 aromatic heterocycles. The maximum absolute atomic E-state index is 14.7. The number of ether oxygens (including phenoxy) is 1. The van der Waals surface area contributed by atoms with E-state index in [1.165, 1.54) is 11.1 Å². The van der Waals surface area contributed by atoms with Crippen molar-refractivity contribution in [3.8, 4) is 16.9 Å². The van der Waals surface area contributed by atoms with Gasteiger partial charge in [-0.3, -0.25) is 0 Å². The lowest BCUT2D eigenvalue weighted by molar-refractivity contribution is 0.260. The zero-order chi connectivity index (χ0) is 20.3. The van der Waals surface area contributed by atoms with Crippen LogP contribution in [0.5, 0.6) is 5.75 Å². The Bertz CT molecular complexity index is 908. The van der Waals surface area contributed by atoms with Crippen molar-refractivity contribution >= 4 is 5.57 Å². The molecule has 3 nitrogen and oxygen atoms in total. The highest BCUT2D eigenvalue weighted by atomic mass is 19.1. The summed E-state index contributed by atoms with van der Waals surface area (Å²) < 4.78 is 20.6. The number of rotatable bonds is 6. The van der Waals surface area contributed by atoms with Gasteiger partial charge in [0.25, 0.3) is 0 Å². The topological polar surface area (TPSA) is 32.7 Å². The summed E-state index contributed by atoms with van der Waals surface area (Å²) in [6.45, 7) is 5.37. The van der Waals surface area contributed by atoms with Gasteiger partial charge in [-0.05, 0) is 63.7 Å². The number of hydrogen-bond acceptors (Lipinski definition) is 3. The molecule has 0 unspecified atom stereocenters. The van der Waals surface area contributed by atoms with Crippen molar-refractivity contribution in [2.45, 2.75) is 26.7 Å². The lowest BCUT2D eigenvalue weighted by Gasteiger charge is -2.19. The molecule has 1 N–H and O–H groups in total. The number of benzene rings is 2. The zero-order valence-electron chi connectivity index (χ0n) is 17.1. The summed E-state index contributed by atoms with van der Waals surface area (Å²) in [7, 11) is 3.96. The van der Waals surface area contributed by atoms with Crippen molar-refractivity contribution in [2.75, 3.05) is 27.2 Å². The molecule has 0 atom stereocenters. The van der Waals surface area contributed by atoms with Gasteiger partial charge in [0, 0.05) is 18.5 Å². The molecule has 0 aliphatic heterocycles. The highest BCUT2D eigenvalue weighted by Gasteiger charge is 2.22. The first-order valence-electron chi connectivity index (χ1n) is 9.64. The van der Waals surface area contributed by atoms with Crippen molar-refractivity contribution in [1.29, 1.82) is 0 Å². The van der Waals surface area contributed by atoms with Crippen LogP contribution in [0, 0.1) is 13.8 Å². The van der Waals surface area contributed by atoms with Gasteiger partial charge in [-0.2, -0.15) is 0 Å². The Morgan fingerprint density at radius 3 is 2.39 bits per heavy atom. The second kappa shape index (κ2) is 8.61. The summed E-state index contributed by atoms with van der Waals surface area (Å²) >= 11 is 0. The monoisotopic (exact) mass is 381 g/mol. The maximum Gasteiger partial charge on any atom is 0.127 e. The van der Waals surface area contributed by atoms with E-state index in [0.717, 1.165) is 17.7 Å². The van der Waals surface area contributed by atoms with Crippen molar-refractivity contribution in [3.05, 3.63) is 70.8 Å². The zero-order valence-corrected chi connectivity index (χ0v) is 17.1. The van der Waals surface area contributed by atoms with E-state index >= 15 is 0 Å². The first-order chi connectivity index (χ1) is 13.3. The summed E-state index contributed by atoms with van der Waals surface area (Å²) in [5.74, 6) is 0.274. The van der Waals surface area contributed by atoms with Crippen LogP contribution < -0.4 is 4.74 Å². The van der Waals surface area contributed by atoms with Gasteiger partial charge >= 0.3 is 0 Å². The normalized spacial score (nSPS) is 14.4. The summed E-state index contributed by atoms with van der Waals surface area (Å²) in [6.07, 6.45) is 2.48. The Balaban J connectivity index is 2.07. The first kappa shape index (κ1) is 20.2. The van der Waals surface area contributed by atoms with Gasteiger partial charge < -0.3 is 14.7 Å². The van der Waals surface area contributed by atoms with Crippen LogP contribution in [0.15, 0.2) is 54.1 Å². The van der Waals surface area contributed by atoms with E-state index < -0.39 is 0 Å². The fourth-order valence-electron chi connectivity index (χ4n) is 3.50. The van der Waals surface area contributed by atoms with Gasteiger partial charge in [-0.25, -0.2) is 4.39 Å². The minimum atomic E-state index is -0.296. The highest BCUT2D eigenvalue weighted by Crippen LogP contribution is 2.39. The summed E-state index contributed by atoms with van der Waals surface area (Å²) in [5.41, 5.74) is 5.24. The number of halogens is 1. The largest absolute Gasteiger partial charge is 0.508 e. The van der Waals surface area contributed by atoms with Crippen LogP contribution in [0.1, 0.15) is 29.5 Å². The maximum atomic E-state index is 14.7. The SMILES string of the molecule is Cc1cc(C)cc(-c2ccc(OCCN(C)C)c(C3=C(F)CCC=C3O)c2)c1. The quantitative estimate of drug-likeness (QED) is 0.684. The molecule has 148 valence electrons. The third-order valence-electron chi connectivity index (χ3n) is 4.83. The van der Waals surface area contributed by atoms with Crippen molar-refractivity contribution in [1.82, 2.24) is 4.90 Å². The van der Waals surface area contributed by atoms with E-state index in [0.29, 0.717) is 30.8 Å². The molecule has 1 aliphatic rings. The molecule has 3 rings (SSSR count). The molecule has 0 saturated heterocycles. The summed E-state index contributed by atoms with van der Waals surface area (Å²) in [4.78, 5) is 2.03. The van der Waals surface area contributed by atoms with Crippen LogP contribution in [0.3, 0.4) is 0 Å². The number of aryl methyl sites for hydroxylation is 2. The molecule has 4 heteroatoms.